The van der Waals surface area contributed by atoms with Crippen LogP contribution in [0.25, 0.3) is 0 Å². The molecule has 7 heteroatoms. The van der Waals surface area contributed by atoms with Crippen LogP contribution in [0.5, 0.6) is 0 Å². The Morgan fingerprint density at radius 3 is 1.73 bits per heavy atom. The molecule has 0 saturated heterocycles. The van der Waals surface area contributed by atoms with E-state index in [1.807, 2.05) is 0 Å². The predicted molar refractivity (Wildman–Crippen MR) is 70.3 cm³/mol. The highest BCUT2D eigenvalue weighted by Gasteiger charge is 2.19. The Hall–Kier alpha value is -2.70. The minimum Gasteiger partial charge on any atom is -0.312 e. The van der Waals surface area contributed by atoms with Crippen LogP contribution in [0.1, 0.15) is 22.8 Å². The molecule has 0 aromatic heterocycles. The molecule has 0 unspecified atom stereocenters. The third kappa shape index (κ3) is 3.13. The molecule has 0 radical (unpaired) electrons. The molecule has 0 bridgehead atoms. The fourth-order valence-electron chi connectivity index (χ4n) is 1.74. The van der Waals surface area contributed by atoms with Crippen LogP contribution in [0.4, 0.5) is 17.6 Å². The SMILES string of the molecule is C/C(=N\OC(=O)c1c(F)cccc1F)c1c(F)cccc1F. The molecule has 114 valence electrons. The van der Waals surface area contributed by atoms with Gasteiger partial charge in [0.05, 0.1) is 11.3 Å². The number of hydrogen-bond donors (Lipinski definition) is 0. The second kappa shape index (κ2) is 6.38. The number of hydrogen-bond acceptors (Lipinski definition) is 3. The molecular formula is C15H9F4NO2. The van der Waals surface area contributed by atoms with Gasteiger partial charge in [0.15, 0.2) is 0 Å². The van der Waals surface area contributed by atoms with E-state index in [0.29, 0.717) is 0 Å². The first kappa shape index (κ1) is 15.7. The number of carbonyl (C=O) groups excluding carboxylic acids is 1. The second-order valence-electron chi connectivity index (χ2n) is 4.25. The van der Waals surface area contributed by atoms with Crippen molar-refractivity contribution >= 4 is 11.7 Å². The van der Waals surface area contributed by atoms with Gasteiger partial charge in [-0.15, -0.1) is 0 Å². The number of oxime groups is 1. The van der Waals surface area contributed by atoms with E-state index in [0.717, 1.165) is 36.4 Å². The highest BCUT2D eigenvalue weighted by molar-refractivity contribution is 5.99. The van der Waals surface area contributed by atoms with Crippen molar-refractivity contribution in [1.82, 2.24) is 0 Å². The van der Waals surface area contributed by atoms with Gasteiger partial charge in [-0.3, -0.25) is 0 Å². The molecule has 0 aliphatic rings. The van der Waals surface area contributed by atoms with E-state index in [9.17, 15) is 22.4 Å². The van der Waals surface area contributed by atoms with Crippen LogP contribution >= 0.6 is 0 Å². The summed E-state index contributed by atoms with van der Waals surface area (Å²) < 4.78 is 53.7. The Bertz CT molecular complexity index is 719. The monoisotopic (exact) mass is 311 g/mol. The zero-order valence-corrected chi connectivity index (χ0v) is 11.2. The van der Waals surface area contributed by atoms with E-state index >= 15 is 0 Å². The average Bonchev–Trinajstić information content (AvgIpc) is 2.44. The zero-order valence-electron chi connectivity index (χ0n) is 11.2. The maximum atomic E-state index is 13.5. The highest BCUT2D eigenvalue weighted by Crippen LogP contribution is 2.16. The molecule has 0 aliphatic heterocycles. The van der Waals surface area contributed by atoms with Crippen LogP contribution in [0.15, 0.2) is 41.6 Å². The Labute approximate surface area is 122 Å². The molecule has 2 aromatic rings. The molecule has 0 amide bonds. The number of rotatable bonds is 3. The summed E-state index contributed by atoms with van der Waals surface area (Å²) in [6, 6.07) is 5.96. The van der Waals surface area contributed by atoms with Crippen LogP contribution in [-0.4, -0.2) is 11.7 Å². The van der Waals surface area contributed by atoms with Crippen molar-refractivity contribution < 1.29 is 27.2 Å². The van der Waals surface area contributed by atoms with Crippen molar-refractivity contribution in [3.05, 3.63) is 70.8 Å². The smallest absolute Gasteiger partial charge is 0.312 e. The molecule has 0 heterocycles. The van der Waals surface area contributed by atoms with Gasteiger partial charge in [-0.25, -0.2) is 22.4 Å². The Kier molecular flexibility index (Phi) is 4.55. The van der Waals surface area contributed by atoms with Crippen molar-refractivity contribution in [3.63, 3.8) is 0 Å². The van der Waals surface area contributed by atoms with E-state index in [2.05, 4.69) is 9.99 Å². The topological polar surface area (TPSA) is 38.7 Å². The van der Waals surface area contributed by atoms with Crippen molar-refractivity contribution in [2.45, 2.75) is 6.92 Å². The largest absolute Gasteiger partial charge is 0.371 e. The molecule has 0 spiro atoms. The lowest BCUT2D eigenvalue weighted by Gasteiger charge is -2.05. The molecule has 0 aliphatic carbocycles. The predicted octanol–water partition coefficient (Wildman–Crippen LogP) is 3.82. The van der Waals surface area contributed by atoms with E-state index in [-0.39, 0.29) is 5.71 Å². The third-order valence-corrected chi connectivity index (χ3v) is 2.76. The minimum atomic E-state index is -1.41. The van der Waals surface area contributed by atoms with Gasteiger partial charge in [-0.2, -0.15) is 0 Å². The van der Waals surface area contributed by atoms with Crippen LogP contribution < -0.4 is 0 Å². The Balaban J connectivity index is 2.26. The van der Waals surface area contributed by atoms with Gasteiger partial charge in [0, 0.05) is 0 Å². The molecule has 3 nitrogen and oxygen atoms in total. The summed E-state index contributed by atoms with van der Waals surface area (Å²) in [5, 5.41) is 3.23. The van der Waals surface area contributed by atoms with Gasteiger partial charge in [-0.05, 0) is 31.2 Å². The summed E-state index contributed by atoms with van der Waals surface area (Å²) >= 11 is 0. The van der Waals surface area contributed by atoms with Gasteiger partial charge >= 0.3 is 5.97 Å². The van der Waals surface area contributed by atoms with Crippen LogP contribution in [-0.2, 0) is 4.84 Å². The van der Waals surface area contributed by atoms with Gasteiger partial charge in [0.1, 0.15) is 28.8 Å². The summed E-state index contributed by atoms with van der Waals surface area (Å²) in [4.78, 5) is 15.9. The maximum Gasteiger partial charge on any atom is 0.371 e. The van der Waals surface area contributed by atoms with Gasteiger partial charge in [0.25, 0.3) is 0 Å². The number of benzene rings is 2. The first-order valence-electron chi connectivity index (χ1n) is 6.06. The van der Waals surface area contributed by atoms with Gasteiger partial charge in [0.2, 0.25) is 0 Å². The maximum absolute atomic E-state index is 13.5. The summed E-state index contributed by atoms with van der Waals surface area (Å²) in [6.45, 7) is 1.19. The van der Waals surface area contributed by atoms with Gasteiger partial charge < -0.3 is 4.84 Å². The Morgan fingerprint density at radius 2 is 1.27 bits per heavy atom. The lowest BCUT2D eigenvalue weighted by atomic mass is 10.1. The molecule has 22 heavy (non-hydrogen) atoms. The highest BCUT2D eigenvalue weighted by atomic mass is 19.1. The Morgan fingerprint density at radius 1 is 0.864 bits per heavy atom. The molecule has 0 fully saturated rings. The quantitative estimate of drug-likeness (QED) is 0.374. The summed E-state index contributed by atoms with van der Waals surface area (Å²) in [6.07, 6.45) is 0. The minimum absolute atomic E-state index is 0.291. The molecule has 2 rings (SSSR count). The summed E-state index contributed by atoms with van der Waals surface area (Å²) in [5.74, 6) is -5.49. The van der Waals surface area contributed by atoms with Crippen LogP contribution in [0.2, 0.25) is 0 Å². The first-order chi connectivity index (χ1) is 10.4. The summed E-state index contributed by atoms with van der Waals surface area (Å²) in [5.41, 5.74) is -1.72. The summed E-state index contributed by atoms with van der Waals surface area (Å²) in [7, 11) is 0. The fourth-order valence-corrected chi connectivity index (χ4v) is 1.74. The lowest BCUT2D eigenvalue weighted by Crippen LogP contribution is -2.10. The number of carbonyl (C=O) groups is 1. The fraction of sp³-hybridized carbons (Fsp3) is 0.0667. The van der Waals surface area contributed by atoms with Crippen LogP contribution in [0, 0.1) is 23.3 Å². The molecule has 0 atom stereocenters. The molecule has 0 N–H and O–H groups in total. The van der Waals surface area contributed by atoms with Crippen molar-refractivity contribution in [2.24, 2.45) is 5.16 Å². The lowest BCUT2D eigenvalue weighted by molar-refractivity contribution is 0.0505. The van der Waals surface area contributed by atoms with E-state index in [4.69, 9.17) is 0 Å². The van der Waals surface area contributed by atoms with Crippen molar-refractivity contribution in [2.75, 3.05) is 0 Å². The number of halogens is 4. The molecule has 0 saturated carbocycles. The standard InChI is InChI=1S/C15H9F4NO2/c1-8(13-9(16)4-2-5-10(13)17)20-22-15(21)14-11(18)6-3-7-12(14)19/h2-7H,1H3/b20-8+. The van der Waals surface area contributed by atoms with E-state index < -0.39 is 40.4 Å². The zero-order chi connectivity index (χ0) is 16.3. The van der Waals surface area contributed by atoms with E-state index in [1.54, 1.807) is 0 Å². The van der Waals surface area contributed by atoms with Crippen LogP contribution in [0.3, 0.4) is 0 Å². The van der Waals surface area contributed by atoms with E-state index in [1.165, 1.54) is 6.92 Å². The second-order valence-corrected chi connectivity index (χ2v) is 4.25. The molecular weight excluding hydrogens is 302 g/mol. The first-order valence-corrected chi connectivity index (χ1v) is 6.06. The molecule has 2 aromatic carbocycles. The van der Waals surface area contributed by atoms with Crippen molar-refractivity contribution in [1.29, 1.82) is 0 Å². The third-order valence-electron chi connectivity index (χ3n) is 2.76. The van der Waals surface area contributed by atoms with Gasteiger partial charge in [-0.1, -0.05) is 17.3 Å². The average molecular weight is 311 g/mol. The normalized spacial score (nSPS) is 11.4. The van der Waals surface area contributed by atoms with Crippen molar-refractivity contribution in [3.8, 4) is 0 Å². The number of nitrogens with zero attached hydrogens (tertiary/aromatic N) is 1.